The molecule has 0 atom stereocenters. The van der Waals surface area contributed by atoms with Crippen molar-refractivity contribution >= 4 is 65.2 Å². The van der Waals surface area contributed by atoms with E-state index in [1.54, 1.807) is 6.07 Å². The maximum Gasteiger partial charge on any atom is 1.00 e. The normalized spacial score (nSPS) is 11.7. The minimum Gasteiger partial charge on any atom is -0.870 e. The van der Waals surface area contributed by atoms with Crippen LogP contribution in [0.25, 0.3) is 21.5 Å². The Labute approximate surface area is 287 Å². The Hall–Kier alpha value is -0.150. The molecule has 0 bridgehead atoms. The second kappa shape index (κ2) is 14.7. The van der Waals surface area contributed by atoms with E-state index in [1.807, 2.05) is 0 Å². The Balaban J connectivity index is 0.00000241. The van der Waals surface area contributed by atoms with Crippen molar-refractivity contribution in [2.45, 2.75) is 14.7 Å². The quantitative estimate of drug-likeness (QED) is 0.0528. The van der Waals surface area contributed by atoms with Gasteiger partial charge < -0.3 is 14.2 Å². The summed E-state index contributed by atoms with van der Waals surface area (Å²) in [6, 6.07) is 13.3. The summed E-state index contributed by atoms with van der Waals surface area (Å²) >= 11 is 0.567. The Kier molecular flexibility index (Phi) is 13.8. The van der Waals surface area contributed by atoms with E-state index >= 15 is 0 Å². The first kappa shape index (κ1) is 35.9. The first-order valence-corrected chi connectivity index (χ1v) is 12.8. The monoisotopic (exact) mass is 604 g/mol. The fraction of sp³-hybridized carbons (Fsp3) is 0. The third kappa shape index (κ3) is 7.98. The molecule has 0 heterocycles. The minimum absolute atomic E-state index is 0. The van der Waals surface area contributed by atoms with Gasteiger partial charge in [0, 0.05) is 25.9 Å². The Bertz CT molecular complexity index is 1720. The van der Waals surface area contributed by atoms with Crippen LogP contribution >= 0.6 is 12.0 Å². The van der Waals surface area contributed by atoms with E-state index in [4.69, 9.17) is 5.26 Å². The van der Waals surface area contributed by atoms with E-state index in [0.717, 1.165) is 12.1 Å². The van der Waals surface area contributed by atoms with Crippen LogP contribution in [0.4, 0.5) is 11.4 Å². The molecule has 0 aromatic heterocycles. The molecule has 0 aliphatic heterocycles. The zero-order valence-corrected chi connectivity index (χ0v) is 28.5. The maximum atomic E-state index is 12.8. The standard InChI is InChI=1S/C20H14N2O10S3.3Na/c23-20-18(35(28,29)30)10-11-9-12(33-32-31-24)5-6-13(11)19(20)22-21-16-7-8-17(34(25,26)27)15-4-2-1-3-14(15)16;;;/h1-10,23-24H,(H,25,26,27)(H,28,29,30);;;/q;3*+1/p-3. The third-order valence-electron chi connectivity index (χ3n) is 4.82. The molecule has 0 amide bonds. The van der Waals surface area contributed by atoms with Crippen LogP contribution in [0.1, 0.15) is 0 Å². The molecule has 0 saturated carbocycles. The first-order chi connectivity index (χ1) is 16.5. The van der Waals surface area contributed by atoms with Gasteiger partial charge in [-0.2, -0.15) is 5.11 Å². The molecule has 12 nitrogen and oxygen atoms in total. The second-order valence-corrected chi connectivity index (χ2v) is 10.4. The first-order valence-electron chi connectivity index (χ1n) is 9.28. The van der Waals surface area contributed by atoms with Crippen LogP contribution in [0.2, 0.25) is 0 Å². The molecule has 38 heavy (non-hydrogen) atoms. The number of hydrogen-bond acceptors (Lipinski definition) is 13. The van der Waals surface area contributed by atoms with Crippen LogP contribution < -0.4 is 93.8 Å². The van der Waals surface area contributed by atoms with E-state index in [1.165, 1.54) is 42.5 Å². The molecule has 4 aromatic carbocycles. The van der Waals surface area contributed by atoms with Crippen LogP contribution in [0, 0.1) is 0 Å². The summed E-state index contributed by atoms with van der Waals surface area (Å²) in [6.07, 6.45) is 0. The van der Waals surface area contributed by atoms with Crippen LogP contribution in [0.3, 0.4) is 0 Å². The average Bonchev–Trinajstić information content (AvgIpc) is 2.80. The predicted octanol–water partition coefficient (Wildman–Crippen LogP) is -5.27. The van der Waals surface area contributed by atoms with Gasteiger partial charge >= 0.3 is 88.7 Å². The van der Waals surface area contributed by atoms with E-state index < -0.39 is 41.5 Å². The van der Waals surface area contributed by atoms with Gasteiger partial charge in [0.15, 0.2) is 0 Å². The molecule has 4 rings (SSSR count). The number of benzene rings is 4. The number of rotatable bonds is 7. The van der Waals surface area contributed by atoms with Gasteiger partial charge in [-0.1, -0.05) is 41.1 Å². The minimum atomic E-state index is -5.19. The Morgan fingerprint density at radius 3 is 2.00 bits per heavy atom. The zero-order valence-electron chi connectivity index (χ0n) is 20.0. The summed E-state index contributed by atoms with van der Waals surface area (Å²) in [5, 5.41) is 33.1. The summed E-state index contributed by atoms with van der Waals surface area (Å²) in [7, 11) is -9.98. The number of nitrogens with zero attached hydrogens (tertiary/aromatic N) is 2. The van der Waals surface area contributed by atoms with Crippen LogP contribution in [-0.4, -0.2) is 31.2 Å². The average molecular weight is 604 g/mol. The van der Waals surface area contributed by atoms with Crippen LogP contribution in [0.15, 0.2) is 85.6 Å². The van der Waals surface area contributed by atoms with Gasteiger partial charge in [-0.15, -0.1) is 9.45 Å². The van der Waals surface area contributed by atoms with E-state index in [0.29, 0.717) is 16.9 Å². The van der Waals surface area contributed by atoms with Gasteiger partial charge in [-0.3, -0.25) is 0 Å². The fourth-order valence-corrected chi connectivity index (χ4v) is 5.06. The number of hydrogen-bond donors (Lipinski definition) is 1. The second-order valence-electron chi connectivity index (χ2n) is 6.90. The van der Waals surface area contributed by atoms with Gasteiger partial charge in [-0.05, 0) is 35.7 Å². The molecule has 0 spiro atoms. The molecule has 0 aliphatic rings. The fourth-order valence-electron chi connectivity index (χ4n) is 3.38. The molecule has 0 fully saturated rings. The van der Waals surface area contributed by atoms with Gasteiger partial charge in [0.25, 0.3) is 0 Å². The molecule has 0 saturated heterocycles. The van der Waals surface area contributed by atoms with Crippen molar-refractivity contribution in [2.75, 3.05) is 0 Å². The van der Waals surface area contributed by atoms with Crippen molar-refractivity contribution in [3.05, 3.63) is 60.7 Å². The number of azo groups is 1. The van der Waals surface area contributed by atoms with Crippen molar-refractivity contribution < 1.29 is 134 Å². The summed E-state index contributed by atoms with van der Waals surface area (Å²) < 4.78 is 74.1. The molecule has 0 unspecified atom stereocenters. The van der Waals surface area contributed by atoms with Crippen molar-refractivity contribution in [1.82, 2.24) is 0 Å². The van der Waals surface area contributed by atoms with Gasteiger partial charge in [-0.25, -0.2) is 22.1 Å². The van der Waals surface area contributed by atoms with Crippen molar-refractivity contribution in [3.63, 3.8) is 0 Å². The van der Waals surface area contributed by atoms with E-state index in [-0.39, 0.29) is 116 Å². The van der Waals surface area contributed by atoms with Crippen molar-refractivity contribution in [1.29, 1.82) is 0 Å². The summed E-state index contributed by atoms with van der Waals surface area (Å²) in [4.78, 5) is -1.21. The molecule has 4 aromatic rings. The third-order valence-corrected chi connectivity index (χ3v) is 7.13. The maximum absolute atomic E-state index is 12.8. The Morgan fingerprint density at radius 1 is 0.763 bits per heavy atom. The van der Waals surface area contributed by atoms with Gasteiger partial charge in [0.05, 0.1) is 28.3 Å². The molecule has 1 N–H and O–H groups in total. The van der Waals surface area contributed by atoms with Gasteiger partial charge in [0.2, 0.25) is 0 Å². The van der Waals surface area contributed by atoms with E-state index in [9.17, 15) is 31.0 Å². The number of fused-ring (bicyclic) bond motifs is 2. The smallest absolute Gasteiger partial charge is 0.870 e. The van der Waals surface area contributed by atoms with Crippen LogP contribution in [-0.2, 0) is 29.6 Å². The molecule has 182 valence electrons. The summed E-state index contributed by atoms with van der Waals surface area (Å²) in [5.74, 6) is -1.19. The topological polar surface area (TPSA) is 201 Å². The van der Waals surface area contributed by atoms with Crippen molar-refractivity contribution in [2.24, 2.45) is 10.2 Å². The molecule has 0 aliphatic carbocycles. The zero-order chi connectivity index (χ0) is 25.4. The largest absolute Gasteiger partial charge is 1.00 e. The summed E-state index contributed by atoms with van der Waals surface area (Å²) in [5.41, 5.74) is -0.381. The van der Waals surface area contributed by atoms with Crippen LogP contribution in [0.5, 0.6) is 5.75 Å². The molecular formula is C20H11N2Na3O10S3. The molecule has 0 radical (unpaired) electrons. The molecule has 18 heteroatoms. The molecular weight excluding hydrogens is 593 g/mol. The SMILES string of the molecule is O=S(=O)([O-])c1cc2cc(SOOO)ccc2c(N=Nc2ccc(S(=O)(=O)[O-])c3ccccc23)c1[O-].[Na+].[Na+].[Na+]. The summed E-state index contributed by atoms with van der Waals surface area (Å²) in [6.45, 7) is 0. The van der Waals surface area contributed by atoms with Crippen molar-refractivity contribution in [3.8, 4) is 5.75 Å². The van der Waals surface area contributed by atoms with E-state index in [2.05, 4.69) is 19.6 Å². The Morgan fingerprint density at radius 2 is 1.39 bits per heavy atom. The van der Waals surface area contributed by atoms with Gasteiger partial charge in [0.1, 0.15) is 20.2 Å². The predicted molar refractivity (Wildman–Crippen MR) is 118 cm³/mol.